The van der Waals surface area contributed by atoms with Crippen molar-refractivity contribution in [3.63, 3.8) is 0 Å². The first-order valence-electron chi connectivity index (χ1n) is 10.4. The number of likely N-dealkylation sites (N-methyl/N-ethyl adjacent to an activating group) is 1. The first-order chi connectivity index (χ1) is 14.6. The fourth-order valence-corrected chi connectivity index (χ4v) is 4.66. The molecule has 30 heavy (non-hydrogen) atoms. The van der Waals surface area contributed by atoms with Crippen molar-refractivity contribution in [1.82, 2.24) is 24.5 Å². The molecule has 0 radical (unpaired) electrons. The molecule has 158 valence electrons. The maximum Gasteiger partial charge on any atom is 0.307 e. The average Bonchev–Trinajstić information content (AvgIpc) is 3.13. The fraction of sp³-hybridized carbons (Fsp3) is 0.500. The summed E-state index contributed by atoms with van der Waals surface area (Å²) in [6, 6.07) is 2.82. The summed E-state index contributed by atoms with van der Waals surface area (Å²) in [6.45, 7) is 5.26. The van der Waals surface area contributed by atoms with E-state index in [2.05, 4.69) is 27.2 Å². The van der Waals surface area contributed by atoms with Gasteiger partial charge >= 0.3 is 4.87 Å². The molecule has 2 fully saturated rings. The number of hydrogen-bond acceptors (Lipinski definition) is 8. The quantitative estimate of drug-likeness (QED) is 0.534. The van der Waals surface area contributed by atoms with Gasteiger partial charge in [0.05, 0.1) is 17.1 Å². The number of rotatable bonds is 6. The van der Waals surface area contributed by atoms with E-state index in [0.717, 1.165) is 60.3 Å². The standard InChI is InChI=1S/C20H25N7O2S/c1-2-26-7-3-4-14(26)11-21-16-9-17(23-13-5-6-13)27-18(24-16)12(10-22-27)8-15-19(28)25-20(29)30-15/h8-10,13-14,21,28H,2-7,11H2,1H3,(H,25,29). The van der Waals surface area contributed by atoms with Crippen LogP contribution in [0.4, 0.5) is 5.82 Å². The van der Waals surface area contributed by atoms with E-state index in [-0.39, 0.29) is 10.8 Å². The van der Waals surface area contributed by atoms with Gasteiger partial charge in [-0.2, -0.15) is 9.61 Å². The molecule has 10 heteroatoms. The van der Waals surface area contributed by atoms with Crippen LogP contribution in [0.1, 0.15) is 37.5 Å². The lowest BCUT2D eigenvalue weighted by atomic mass is 10.2. The van der Waals surface area contributed by atoms with Crippen LogP contribution in [0.15, 0.2) is 22.1 Å². The van der Waals surface area contributed by atoms with E-state index in [9.17, 15) is 9.90 Å². The van der Waals surface area contributed by atoms with Gasteiger partial charge in [-0.25, -0.2) is 4.98 Å². The van der Waals surface area contributed by atoms with Gasteiger partial charge in [-0.15, -0.1) is 0 Å². The monoisotopic (exact) mass is 427 g/mol. The number of fused-ring (bicyclic) bond motifs is 1. The number of likely N-dealkylation sites (tertiary alicyclic amines) is 1. The highest BCUT2D eigenvalue weighted by molar-refractivity contribution is 7.10. The van der Waals surface area contributed by atoms with Gasteiger partial charge in [0.25, 0.3) is 0 Å². The number of thiazole rings is 1. The number of aromatic nitrogens is 4. The SMILES string of the molecule is CCN1CCCC1CNc1cc(=NC2CC2)n2ncc(=Cc3sc(=O)[nH]c3O)c2n1. The Labute approximate surface area is 176 Å². The molecule has 3 aromatic rings. The molecule has 3 N–H and O–H groups in total. The van der Waals surface area contributed by atoms with Crippen molar-refractivity contribution in [3.05, 3.63) is 37.5 Å². The third kappa shape index (κ3) is 3.84. The summed E-state index contributed by atoms with van der Waals surface area (Å²) < 4.78 is 1.73. The number of anilines is 1. The molecular weight excluding hydrogens is 402 g/mol. The van der Waals surface area contributed by atoms with E-state index in [1.807, 2.05) is 6.07 Å². The Morgan fingerprint density at radius 3 is 3.03 bits per heavy atom. The van der Waals surface area contributed by atoms with Gasteiger partial charge in [0.1, 0.15) is 5.82 Å². The maximum absolute atomic E-state index is 11.5. The first-order valence-corrected chi connectivity index (χ1v) is 11.3. The maximum atomic E-state index is 11.5. The highest BCUT2D eigenvalue weighted by Gasteiger charge is 2.23. The lowest BCUT2D eigenvalue weighted by molar-refractivity contribution is 0.277. The second kappa shape index (κ2) is 7.84. The highest BCUT2D eigenvalue weighted by Crippen LogP contribution is 2.22. The summed E-state index contributed by atoms with van der Waals surface area (Å²) in [4.78, 5) is 26.2. The van der Waals surface area contributed by atoms with Crippen LogP contribution in [0.5, 0.6) is 5.88 Å². The van der Waals surface area contributed by atoms with Gasteiger partial charge in [0.2, 0.25) is 5.88 Å². The molecule has 0 aromatic carbocycles. The molecule has 5 rings (SSSR count). The van der Waals surface area contributed by atoms with Crippen LogP contribution in [0, 0.1) is 0 Å². The van der Waals surface area contributed by atoms with Gasteiger partial charge in [-0.1, -0.05) is 18.3 Å². The van der Waals surface area contributed by atoms with E-state index in [0.29, 0.717) is 22.6 Å². The van der Waals surface area contributed by atoms with Crippen molar-refractivity contribution >= 4 is 28.9 Å². The highest BCUT2D eigenvalue weighted by atomic mass is 32.1. The smallest absolute Gasteiger partial charge is 0.307 e. The Bertz CT molecular complexity index is 1240. The second-order valence-corrected chi connectivity index (χ2v) is 8.89. The van der Waals surface area contributed by atoms with Crippen LogP contribution in [0.25, 0.3) is 11.7 Å². The molecule has 1 aliphatic carbocycles. The molecule has 0 amide bonds. The Morgan fingerprint density at radius 1 is 1.43 bits per heavy atom. The van der Waals surface area contributed by atoms with Crippen molar-refractivity contribution in [2.24, 2.45) is 4.99 Å². The molecule has 9 nitrogen and oxygen atoms in total. The van der Waals surface area contributed by atoms with Crippen molar-refractivity contribution in [2.75, 3.05) is 25.0 Å². The zero-order valence-electron chi connectivity index (χ0n) is 16.8. The Kier molecular flexibility index (Phi) is 5.03. The lowest BCUT2D eigenvalue weighted by Crippen LogP contribution is -2.35. The molecule has 3 aromatic heterocycles. The van der Waals surface area contributed by atoms with Gasteiger partial charge in [-0.05, 0) is 44.8 Å². The number of aromatic hydroxyl groups is 1. The minimum Gasteiger partial charge on any atom is -0.493 e. The predicted molar refractivity (Wildman–Crippen MR) is 116 cm³/mol. The predicted octanol–water partition coefficient (Wildman–Crippen LogP) is 0.692. The molecule has 4 heterocycles. The van der Waals surface area contributed by atoms with Gasteiger partial charge in [0, 0.05) is 23.9 Å². The molecule has 1 aliphatic heterocycles. The molecule has 0 spiro atoms. The van der Waals surface area contributed by atoms with Crippen LogP contribution in [-0.2, 0) is 0 Å². The first kappa shape index (κ1) is 19.3. The summed E-state index contributed by atoms with van der Waals surface area (Å²) in [5, 5.41) is 18.6. The summed E-state index contributed by atoms with van der Waals surface area (Å²) in [5.74, 6) is 0.633. The number of nitrogens with zero attached hydrogens (tertiary/aromatic N) is 5. The van der Waals surface area contributed by atoms with Crippen LogP contribution in [0.3, 0.4) is 0 Å². The number of aromatic amines is 1. The molecule has 1 saturated heterocycles. The molecular formula is C20H25N7O2S. The van der Waals surface area contributed by atoms with Crippen molar-refractivity contribution in [1.29, 1.82) is 0 Å². The van der Waals surface area contributed by atoms with E-state index in [1.165, 1.54) is 12.8 Å². The zero-order valence-corrected chi connectivity index (χ0v) is 17.7. The number of nitrogens with one attached hydrogen (secondary N) is 2. The summed E-state index contributed by atoms with van der Waals surface area (Å²) >= 11 is 0.954. The number of hydrogen-bond donors (Lipinski definition) is 3. The van der Waals surface area contributed by atoms with Gasteiger partial charge in [0.15, 0.2) is 11.1 Å². The van der Waals surface area contributed by atoms with Crippen LogP contribution < -0.4 is 20.9 Å². The van der Waals surface area contributed by atoms with Crippen molar-refractivity contribution < 1.29 is 5.11 Å². The summed E-state index contributed by atoms with van der Waals surface area (Å²) in [6.07, 6.45) is 8.06. The lowest BCUT2D eigenvalue weighted by Gasteiger charge is -2.23. The Balaban J connectivity index is 1.54. The van der Waals surface area contributed by atoms with Crippen molar-refractivity contribution in [2.45, 2.75) is 44.7 Å². The van der Waals surface area contributed by atoms with Crippen LogP contribution in [0.2, 0.25) is 0 Å². The Hall–Kier alpha value is -2.72. The van der Waals surface area contributed by atoms with E-state index < -0.39 is 0 Å². The minimum absolute atomic E-state index is 0.137. The van der Waals surface area contributed by atoms with E-state index >= 15 is 0 Å². The van der Waals surface area contributed by atoms with Crippen LogP contribution >= 0.6 is 11.3 Å². The Morgan fingerprint density at radius 2 is 2.30 bits per heavy atom. The second-order valence-electron chi connectivity index (χ2n) is 7.87. The average molecular weight is 428 g/mol. The molecule has 2 aliphatic rings. The molecule has 0 bridgehead atoms. The van der Waals surface area contributed by atoms with Crippen LogP contribution in [-0.4, -0.2) is 61.3 Å². The van der Waals surface area contributed by atoms with E-state index in [4.69, 9.17) is 9.98 Å². The van der Waals surface area contributed by atoms with E-state index in [1.54, 1.807) is 16.8 Å². The molecule has 1 unspecified atom stereocenters. The van der Waals surface area contributed by atoms with Gasteiger partial charge < -0.3 is 10.4 Å². The topological polar surface area (TPSA) is 111 Å². The number of H-pyrrole nitrogens is 1. The van der Waals surface area contributed by atoms with Crippen molar-refractivity contribution in [3.8, 4) is 5.88 Å². The molecule has 1 atom stereocenters. The zero-order chi connectivity index (χ0) is 20.7. The largest absolute Gasteiger partial charge is 0.493 e. The minimum atomic E-state index is -0.299. The molecule has 1 saturated carbocycles. The summed E-state index contributed by atoms with van der Waals surface area (Å²) in [5.41, 5.74) is 1.42. The normalized spacial score (nSPS) is 21.2. The summed E-state index contributed by atoms with van der Waals surface area (Å²) in [7, 11) is 0. The third-order valence-electron chi connectivity index (χ3n) is 5.71. The fourth-order valence-electron chi connectivity index (χ4n) is 3.98. The van der Waals surface area contributed by atoms with Gasteiger partial charge in [-0.3, -0.25) is 19.7 Å². The third-order valence-corrected chi connectivity index (χ3v) is 6.53.